The number of amides is 1. The van der Waals surface area contributed by atoms with Crippen molar-refractivity contribution in [1.29, 1.82) is 0 Å². The second-order valence-electron chi connectivity index (χ2n) is 4.14. The summed E-state index contributed by atoms with van der Waals surface area (Å²) in [6.07, 6.45) is 1.46. The van der Waals surface area contributed by atoms with Gasteiger partial charge in [0.2, 0.25) is 0 Å². The first kappa shape index (κ1) is 10.5. The highest BCUT2D eigenvalue weighted by atomic mass is 16.2. The Bertz CT molecular complexity index is 413. The van der Waals surface area contributed by atoms with E-state index >= 15 is 0 Å². The topological polar surface area (TPSA) is 65.1 Å². The summed E-state index contributed by atoms with van der Waals surface area (Å²) in [4.78, 5) is 22.0. The molecule has 0 aliphatic rings. The zero-order valence-corrected chi connectivity index (χ0v) is 8.50. The third kappa shape index (κ3) is 2.02. The van der Waals surface area contributed by atoms with Gasteiger partial charge in [0.1, 0.15) is 0 Å². The Kier molecular flexibility index (Phi) is 2.47. The molecule has 0 aliphatic heterocycles. The number of carbonyl (C=O) groups excluding carboxylic acids is 1. The summed E-state index contributed by atoms with van der Waals surface area (Å²) in [5.41, 5.74) is 5.21. The molecule has 1 amide bonds. The van der Waals surface area contributed by atoms with Crippen LogP contribution in [-0.2, 0) is 5.41 Å². The molecule has 1 aromatic rings. The van der Waals surface area contributed by atoms with Crippen LogP contribution < -0.4 is 11.3 Å². The Balaban J connectivity index is 3.34. The average molecular weight is 193 g/mol. The third-order valence-electron chi connectivity index (χ3n) is 1.94. The molecule has 0 aliphatic carbocycles. The Morgan fingerprint density at radius 3 is 2.50 bits per heavy atom. The number of rotatable bonds is 0. The van der Waals surface area contributed by atoms with Crippen molar-refractivity contribution in [2.75, 3.05) is 0 Å². The highest BCUT2D eigenvalue weighted by molar-refractivity contribution is 5.74. The van der Waals surface area contributed by atoms with Crippen LogP contribution in [0, 0.1) is 6.07 Å². The predicted molar refractivity (Wildman–Crippen MR) is 53.2 cm³/mol. The van der Waals surface area contributed by atoms with Gasteiger partial charge in [0, 0.05) is 6.20 Å². The minimum Gasteiger partial charge on any atom is -0.351 e. The first-order chi connectivity index (χ1) is 6.32. The molecule has 0 aromatic carbocycles. The van der Waals surface area contributed by atoms with Crippen LogP contribution in [0.15, 0.2) is 17.1 Å². The number of hydrogen-bond donors (Lipinski definition) is 1. The van der Waals surface area contributed by atoms with Gasteiger partial charge in [-0.15, -0.1) is 0 Å². The molecule has 1 rings (SSSR count). The number of pyridine rings is 1. The lowest BCUT2D eigenvalue weighted by Crippen LogP contribution is -2.32. The van der Waals surface area contributed by atoms with Crippen molar-refractivity contribution >= 4 is 6.03 Å². The van der Waals surface area contributed by atoms with E-state index in [9.17, 15) is 9.59 Å². The molecule has 0 unspecified atom stereocenters. The largest absolute Gasteiger partial charge is 0.351 e. The summed E-state index contributed by atoms with van der Waals surface area (Å²) in [6.45, 7) is 5.93. The van der Waals surface area contributed by atoms with Crippen molar-refractivity contribution in [3.8, 4) is 0 Å². The Labute approximate surface area is 82.3 Å². The maximum atomic E-state index is 11.1. The molecule has 0 fully saturated rings. The summed E-state index contributed by atoms with van der Waals surface area (Å²) < 4.78 is 0.862. The normalized spacial score (nSPS) is 11.4. The zero-order chi connectivity index (χ0) is 10.9. The molecule has 0 saturated heterocycles. The molecular formula is C10H13N2O2. The van der Waals surface area contributed by atoms with Crippen molar-refractivity contribution in [2.45, 2.75) is 26.2 Å². The van der Waals surface area contributed by atoms with Gasteiger partial charge in [0.15, 0.2) is 0 Å². The van der Waals surface area contributed by atoms with Gasteiger partial charge in [0.25, 0.3) is 5.56 Å². The molecule has 2 N–H and O–H groups in total. The first-order valence-electron chi connectivity index (χ1n) is 4.27. The van der Waals surface area contributed by atoms with Crippen molar-refractivity contribution in [3.63, 3.8) is 0 Å². The molecule has 1 aromatic heterocycles. The van der Waals surface area contributed by atoms with E-state index in [1.807, 2.05) is 20.8 Å². The van der Waals surface area contributed by atoms with Crippen molar-refractivity contribution in [3.05, 3.63) is 34.2 Å². The van der Waals surface area contributed by atoms with Crippen LogP contribution in [0.3, 0.4) is 0 Å². The fourth-order valence-corrected chi connectivity index (χ4v) is 1.02. The lowest BCUT2D eigenvalue weighted by atomic mass is 9.88. The average Bonchev–Trinajstić information content (AvgIpc) is 2.02. The molecule has 0 atom stereocenters. The minimum atomic E-state index is -0.780. The molecule has 14 heavy (non-hydrogen) atoms. The van der Waals surface area contributed by atoms with Gasteiger partial charge in [-0.2, -0.15) is 0 Å². The SMILES string of the molecule is CC(C)(C)c1c[c]c(=O)n(C(N)=O)c1. The lowest BCUT2D eigenvalue weighted by molar-refractivity contribution is 0.249. The number of nitrogens with two attached hydrogens (primary N) is 1. The van der Waals surface area contributed by atoms with E-state index in [0.717, 1.165) is 10.1 Å². The van der Waals surface area contributed by atoms with E-state index in [1.165, 1.54) is 6.20 Å². The Morgan fingerprint density at radius 1 is 1.50 bits per heavy atom. The van der Waals surface area contributed by atoms with E-state index < -0.39 is 11.6 Å². The van der Waals surface area contributed by atoms with E-state index in [2.05, 4.69) is 6.07 Å². The second kappa shape index (κ2) is 3.29. The molecule has 0 bridgehead atoms. The summed E-state index contributed by atoms with van der Waals surface area (Å²) in [5, 5.41) is 0. The number of aromatic nitrogens is 1. The molecule has 4 nitrogen and oxygen atoms in total. The summed E-state index contributed by atoms with van der Waals surface area (Å²) >= 11 is 0. The second-order valence-corrected chi connectivity index (χ2v) is 4.14. The molecule has 0 spiro atoms. The number of nitrogens with zero attached hydrogens (tertiary/aromatic N) is 1. The van der Waals surface area contributed by atoms with Crippen molar-refractivity contribution < 1.29 is 4.79 Å². The van der Waals surface area contributed by atoms with E-state index in [1.54, 1.807) is 6.07 Å². The van der Waals surface area contributed by atoms with Crippen molar-refractivity contribution in [1.82, 2.24) is 4.57 Å². The van der Waals surface area contributed by atoms with E-state index in [0.29, 0.717) is 0 Å². The van der Waals surface area contributed by atoms with Gasteiger partial charge in [0.05, 0.1) is 6.07 Å². The third-order valence-corrected chi connectivity index (χ3v) is 1.94. The number of primary amides is 1. The van der Waals surface area contributed by atoms with Crippen molar-refractivity contribution in [2.24, 2.45) is 5.73 Å². The summed E-state index contributed by atoms with van der Waals surface area (Å²) in [6, 6.07) is 3.27. The molecule has 1 radical (unpaired) electrons. The fraction of sp³-hybridized carbons (Fsp3) is 0.400. The van der Waals surface area contributed by atoms with Crippen LogP contribution in [0.5, 0.6) is 0 Å². The monoisotopic (exact) mass is 193 g/mol. The standard InChI is InChI=1S/C10H13N2O2/c1-10(2,3)7-4-5-8(13)12(6-7)9(11)14/h4,6H,1-3H3,(H2,11,14). The van der Waals surface area contributed by atoms with E-state index in [-0.39, 0.29) is 5.41 Å². The Hall–Kier alpha value is -1.58. The molecule has 1 heterocycles. The van der Waals surface area contributed by atoms with Gasteiger partial charge < -0.3 is 5.73 Å². The maximum Gasteiger partial charge on any atom is 0.325 e. The van der Waals surface area contributed by atoms with Gasteiger partial charge in [-0.1, -0.05) is 20.8 Å². The predicted octanol–water partition coefficient (Wildman–Crippen LogP) is 0.873. The van der Waals surface area contributed by atoms with Gasteiger partial charge in [-0.05, 0) is 17.0 Å². The first-order valence-corrected chi connectivity index (χ1v) is 4.27. The summed E-state index contributed by atoms with van der Waals surface area (Å²) in [5.74, 6) is 0. The highest BCUT2D eigenvalue weighted by Gasteiger charge is 2.15. The van der Waals surface area contributed by atoms with Crippen LogP contribution in [0.25, 0.3) is 0 Å². The maximum absolute atomic E-state index is 11.1. The molecule has 0 saturated carbocycles. The number of carbonyl (C=O) groups is 1. The fourth-order valence-electron chi connectivity index (χ4n) is 1.02. The lowest BCUT2D eigenvalue weighted by Gasteiger charge is -2.18. The number of hydrogen-bond acceptors (Lipinski definition) is 2. The van der Waals surface area contributed by atoms with Crippen LogP contribution in [0.2, 0.25) is 0 Å². The van der Waals surface area contributed by atoms with Crippen LogP contribution in [-0.4, -0.2) is 10.6 Å². The van der Waals surface area contributed by atoms with Gasteiger partial charge >= 0.3 is 6.03 Å². The van der Waals surface area contributed by atoms with E-state index in [4.69, 9.17) is 5.73 Å². The molecule has 4 heteroatoms. The Morgan fingerprint density at radius 2 is 2.07 bits per heavy atom. The van der Waals surface area contributed by atoms with Crippen LogP contribution in [0.1, 0.15) is 26.3 Å². The van der Waals surface area contributed by atoms with Crippen LogP contribution >= 0.6 is 0 Å². The molecular weight excluding hydrogens is 180 g/mol. The van der Waals surface area contributed by atoms with Crippen LogP contribution in [0.4, 0.5) is 4.79 Å². The minimum absolute atomic E-state index is 0.137. The molecule has 75 valence electrons. The quantitative estimate of drug-likeness (QED) is 0.664. The zero-order valence-electron chi connectivity index (χ0n) is 8.50. The smallest absolute Gasteiger partial charge is 0.325 e. The highest BCUT2D eigenvalue weighted by Crippen LogP contribution is 2.19. The van der Waals surface area contributed by atoms with Gasteiger partial charge in [-0.25, -0.2) is 9.36 Å². The van der Waals surface area contributed by atoms with Gasteiger partial charge in [-0.3, -0.25) is 4.79 Å². The summed E-state index contributed by atoms with van der Waals surface area (Å²) in [7, 11) is 0.